The predicted molar refractivity (Wildman–Crippen MR) is 55.5 cm³/mol. The van der Waals surface area contributed by atoms with Gasteiger partial charge in [0, 0.05) is 12.5 Å². The number of nitrogens with one attached hydrogen (secondary N) is 1. The number of piperidine rings is 1. The molecule has 2 heterocycles. The number of rotatable bonds is 3. The Labute approximate surface area is 97.4 Å². The molecule has 1 fully saturated rings. The fraction of sp³-hybridized carbons (Fsp3) is 0.727. The van der Waals surface area contributed by atoms with E-state index in [1.54, 1.807) is 0 Å². The Balaban J connectivity index is 1.84. The average molecular weight is 248 g/mol. The lowest BCUT2D eigenvalue weighted by Crippen LogP contribution is -2.34. The van der Waals surface area contributed by atoms with Gasteiger partial charge in [-0.2, -0.15) is 13.2 Å². The summed E-state index contributed by atoms with van der Waals surface area (Å²) in [6.07, 6.45) is 1.43. The van der Waals surface area contributed by atoms with Crippen LogP contribution in [0.5, 0.6) is 0 Å². The number of hydrogen-bond acceptors (Lipinski definition) is 3. The second-order valence-electron chi connectivity index (χ2n) is 4.31. The van der Waals surface area contributed by atoms with Crippen molar-refractivity contribution in [2.75, 3.05) is 6.54 Å². The molecular weight excluding hydrogens is 233 g/mol. The van der Waals surface area contributed by atoms with Crippen LogP contribution in [0, 0.1) is 0 Å². The summed E-state index contributed by atoms with van der Waals surface area (Å²) in [5.74, 6) is -0.839. The highest BCUT2D eigenvalue weighted by molar-refractivity contribution is 4.97. The summed E-state index contributed by atoms with van der Waals surface area (Å²) in [5.41, 5.74) is 0. The molecule has 1 N–H and O–H groups in total. The largest absolute Gasteiger partial charge is 0.468 e. The minimum absolute atomic E-state index is 0.310. The number of alkyl halides is 3. The number of nitrogens with zero attached hydrogens (tertiary/aromatic N) is 1. The molecule has 1 atom stereocenters. The van der Waals surface area contributed by atoms with E-state index in [0.29, 0.717) is 18.2 Å². The molecule has 0 amide bonds. The molecule has 1 saturated heterocycles. The van der Waals surface area contributed by atoms with Gasteiger partial charge < -0.3 is 9.73 Å². The Morgan fingerprint density at radius 2 is 2.24 bits per heavy atom. The Morgan fingerprint density at radius 3 is 2.82 bits per heavy atom. The van der Waals surface area contributed by atoms with Crippen molar-refractivity contribution >= 4 is 0 Å². The third-order valence-electron chi connectivity index (χ3n) is 2.95. The average Bonchev–Trinajstić information content (AvgIpc) is 2.76. The summed E-state index contributed by atoms with van der Waals surface area (Å²) in [7, 11) is 0. The smallest absolute Gasteiger partial charge is 0.438 e. The number of hydrogen-bond donors (Lipinski definition) is 1. The molecule has 1 aliphatic heterocycles. The first-order valence-electron chi connectivity index (χ1n) is 5.81. The van der Waals surface area contributed by atoms with Crippen LogP contribution < -0.4 is 5.32 Å². The molecule has 1 aromatic rings. The first-order valence-corrected chi connectivity index (χ1v) is 5.81. The van der Waals surface area contributed by atoms with Gasteiger partial charge in [0.05, 0.1) is 6.20 Å². The van der Waals surface area contributed by atoms with E-state index in [2.05, 4.69) is 14.7 Å². The first kappa shape index (κ1) is 12.4. The van der Waals surface area contributed by atoms with Crippen LogP contribution in [0.1, 0.15) is 37.3 Å². The van der Waals surface area contributed by atoms with Crippen LogP contribution in [0.2, 0.25) is 0 Å². The zero-order valence-electron chi connectivity index (χ0n) is 9.39. The van der Waals surface area contributed by atoms with Crippen molar-refractivity contribution in [1.82, 2.24) is 10.3 Å². The monoisotopic (exact) mass is 248 g/mol. The Morgan fingerprint density at radius 1 is 1.41 bits per heavy atom. The first-order chi connectivity index (χ1) is 8.05. The van der Waals surface area contributed by atoms with Gasteiger partial charge in [-0.05, 0) is 25.8 Å². The van der Waals surface area contributed by atoms with Gasteiger partial charge in [0.2, 0.25) is 0 Å². The summed E-state index contributed by atoms with van der Waals surface area (Å²) in [6.45, 7) is 0.995. The maximum atomic E-state index is 12.2. The number of aryl methyl sites for hydroxylation is 1. The summed E-state index contributed by atoms with van der Waals surface area (Å²) < 4.78 is 41.4. The van der Waals surface area contributed by atoms with Crippen LogP contribution in [0.25, 0.3) is 0 Å². The quantitative estimate of drug-likeness (QED) is 0.893. The summed E-state index contributed by atoms with van der Waals surface area (Å²) in [6, 6.07) is 0.392. The van der Waals surface area contributed by atoms with Gasteiger partial charge in [-0.1, -0.05) is 6.42 Å². The zero-order valence-corrected chi connectivity index (χ0v) is 9.39. The van der Waals surface area contributed by atoms with E-state index in [-0.39, 0.29) is 0 Å². The topological polar surface area (TPSA) is 38.1 Å². The standard InChI is InChI=1S/C11H15F3N2O/c12-11(13,14)10-16-7-9(17-10)5-4-8-3-1-2-6-15-8/h7-8,15H,1-6H2. The number of halogens is 3. The summed E-state index contributed by atoms with van der Waals surface area (Å²) in [5, 5.41) is 3.34. The lowest BCUT2D eigenvalue weighted by Gasteiger charge is -2.22. The van der Waals surface area contributed by atoms with Crippen molar-refractivity contribution in [3.63, 3.8) is 0 Å². The van der Waals surface area contributed by atoms with Crippen molar-refractivity contribution < 1.29 is 17.6 Å². The normalized spacial score (nSPS) is 21.7. The van der Waals surface area contributed by atoms with E-state index in [9.17, 15) is 13.2 Å². The van der Waals surface area contributed by atoms with Gasteiger partial charge in [-0.25, -0.2) is 4.98 Å². The van der Waals surface area contributed by atoms with Crippen LogP contribution in [0.15, 0.2) is 10.6 Å². The molecular formula is C11H15F3N2O. The Bertz CT molecular complexity index is 356. The highest BCUT2D eigenvalue weighted by Gasteiger charge is 2.37. The van der Waals surface area contributed by atoms with E-state index in [1.807, 2.05) is 0 Å². The van der Waals surface area contributed by atoms with E-state index >= 15 is 0 Å². The molecule has 17 heavy (non-hydrogen) atoms. The fourth-order valence-electron chi connectivity index (χ4n) is 2.04. The molecule has 0 aromatic carbocycles. The summed E-state index contributed by atoms with van der Waals surface area (Å²) >= 11 is 0. The van der Waals surface area contributed by atoms with Crippen LogP contribution >= 0.6 is 0 Å². The van der Waals surface area contributed by atoms with Crippen molar-refractivity contribution in [3.8, 4) is 0 Å². The van der Waals surface area contributed by atoms with E-state index < -0.39 is 12.1 Å². The van der Waals surface area contributed by atoms with Gasteiger partial charge in [0.15, 0.2) is 0 Å². The van der Waals surface area contributed by atoms with Crippen molar-refractivity contribution in [2.45, 2.75) is 44.3 Å². The molecule has 2 rings (SSSR count). The lowest BCUT2D eigenvalue weighted by molar-refractivity contribution is -0.157. The summed E-state index contributed by atoms with van der Waals surface area (Å²) in [4.78, 5) is 3.24. The minimum atomic E-state index is -4.48. The van der Waals surface area contributed by atoms with Crippen molar-refractivity contribution in [2.24, 2.45) is 0 Å². The maximum Gasteiger partial charge on any atom is 0.468 e. The minimum Gasteiger partial charge on any atom is -0.438 e. The number of oxazole rings is 1. The Hall–Kier alpha value is -1.04. The van der Waals surface area contributed by atoms with Crippen LogP contribution in [-0.2, 0) is 12.6 Å². The molecule has 1 aliphatic rings. The molecule has 1 unspecified atom stereocenters. The predicted octanol–water partition coefficient (Wildman–Crippen LogP) is 2.77. The zero-order chi connectivity index (χ0) is 12.3. The third kappa shape index (κ3) is 3.46. The molecule has 6 heteroatoms. The van der Waals surface area contributed by atoms with Gasteiger partial charge >= 0.3 is 12.1 Å². The molecule has 0 aliphatic carbocycles. The molecule has 3 nitrogen and oxygen atoms in total. The van der Waals surface area contributed by atoms with Crippen LogP contribution in [0.4, 0.5) is 13.2 Å². The van der Waals surface area contributed by atoms with Gasteiger partial charge in [-0.3, -0.25) is 0 Å². The second kappa shape index (κ2) is 5.08. The van der Waals surface area contributed by atoms with Gasteiger partial charge in [-0.15, -0.1) is 0 Å². The lowest BCUT2D eigenvalue weighted by atomic mass is 10.0. The molecule has 0 bridgehead atoms. The highest BCUT2D eigenvalue weighted by atomic mass is 19.4. The van der Waals surface area contributed by atoms with Crippen LogP contribution in [0.3, 0.4) is 0 Å². The molecule has 96 valence electrons. The maximum absolute atomic E-state index is 12.2. The Kier molecular flexibility index (Phi) is 3.71. The second-order valence-corrected chi connectivity index (χ2v) is 4.31. The molecule has 0 spiro atoms. The molecule has 1 aromatic heterocycles. The third-order valence-corrected chi connectivity index (χ3v) is 2.95. The van der Waals surface area contributed by atoms with E-state index in [0.717, 1.165) is 19.4 Å². The van der Waals surface area contributed by atoms with Crippen LogP contribution in [-0.4, -0.2) is 17.6 Å². The van der Waals surface area contributed by atoms with Crippen molar-refractivity contribution in [3.05, 3.63) is 17.8 Å². The van der Waals surface area contributed by atoms with Crippen molar-refractivity contribution in [1.29, 1.82) is 0 Å². The molecule has 0 saturated carbocycles. The fourth-order valence-corrected chi connectivity index (χ4v) is 2.04. The van der Waals surface area contributed by atoms with E-state index in [1.165, 1.54) is 19.0 Å². The molecule has 0 radical (unpaired) electrons. The highest BCUT2D eigenvalue weighted by Crippen LogP contribution is 2.28. The van der Waals surface area contributed by atoms with E-state index in [4.69, 9.17) is 0 Å². The SMILES string of the molecule is FC(F)(F)c1ncc(CCC2CCCCN2)o1. The van der Waals surface area contributed by atoms with Gasteiger partial charge in [0.25, 0.3) is 0 Å². The van der Waals surface area contributed by atoms with Gasteiger partial charge in [0.1, 0.15) is 5.76 Å². The number of aromatic nitrogens is 1.